The number of aryl methyl sites for hydroxylation is 1. The second-order valence-corrected chi connectivity index (χ2v) is 8.77. The lowest BCUT2D eigenvalue weighted by Crippen LogP contribution is -2.44. The maximum atomic E-state index is 11.9. The normalized spacial score (nSPS) is 24.0. The molecule has 1 N–H and O–H groups in total. The van der Waals surface area contributed by atoms with Crippen molar-refractivity contribution in [2.45, 2.75) is 51.5 Å². The monoisotopic (exact) mass is 351 g/mol. The average molecular weight is 351 g/mol. The minimum Gasteiger partial charge on any atom is -0.493 e. The Morgan fingerprint density at radius 2 is 2.00 bits per heavy atom. The van der Waals surface area contributed by atoms with Crippen molar-refractivity contribution in [3.05, 3.63) is 29.3 Å². The van der Waals surface area contributed by atoms with Crippen molar-refractivity contribution in [1.82, 2.24) is 4.72 Å². The molecule has 0 unspecified atom stereocenters. The molecule has 2 aliphatic rings. The molecule has 1 saturated carbocycles. The van der Waals surface area contributed by atoms with Crippen LogP contribution in [0, 0.1) is 5.92 Å². The number of nitrogens with one attached hydrogen (secondary N) is 1. The first-order chi connectivity index (χ1) is 11.5. The van der Waals surface area contributed by atoms with E-state index >= 15 is 0 Å². The van der Waals surface area contributed by atoms with Crippen molar-refractivity contribution in [2.75, 3.05) is 12.4 Å². The van der Waals surface area contributed by atoms with E-state index < -0.39 is 10.0 Å². The molecule has 2 aliphatic carbocycles. The summed E-state index contributed by atoms with van der Waals surface area (Å²) < 4.78 is 32.5. The number of fused-ring (bicyclic) bond motifs is 1. The zero-order valence-corrected chi connectivity index (χ0v) is 14.9. The number of Topliss-reactive ketones (excluding diaryl/α,β-unsaturated/α-hetero) is 1. The summed E-state index contributed by atoms with van der Waals surface area (Å²) in [7, 11) is -3.19. The van der Waals surface area contributed by atoms with Gasteiger partial charge >= 0.3 is 0 Å². The molecular weight excluding hydrogens is 326 g/mol. The first-order valence-electron chi connectivity index (χ1n) is 8.77. The van der Waals surface area contributed by atoms with Gasteiger partial charge in [-0.05, 0) is 49.9 Å². The average Bonchev–Trinajstić information content (AvgIpc) is 2.94. The molecule has 3 rings (SSSR count). The third-order valence-electron chi connectivity index (χ3n) is 5.08. The number of ketones is 1. The highest BCUT2D eigenvalue weighted by atomic mass is 32.2. The summed E-state index contributed by atoms with van der Waals surface area (Å²) in [6, 6.07) is 5.60. The van der Waals surface area contributed by atoms with Crippen LogP contribution in [-0.2, 0) is 16.4 Å². The van der Waals surface area contributed by atoms with Gasteiger partial charge in [-0.3, -0.25) is 4.79 Å². The molecule has 24 heavy (non-hydrogen) atoms. The first kappa shape index (κ1) is 17.4. The minimum absolute atomic E-state index is 0.0419. The van der Waals surface area contributed by atoms with E-state index in [9.17, 15) is 13.2 Å². The van der Waals surface area contributed by atoms with Crippen LogP contribution in [0.3, 0.4) is 0 Å². The van der Waals surface area contributed by atoms with Crippen LogP contribution in [0.2, 0.25) is 0 Å². The third kappa shape index (κ3) is 3.98. The molecule has 0 radical (unpaired) electrons. The van der Waals surface area contributed by atoms with Gasteiger partial charge in [0.15, 0.2) is 5.78 Å². The Morgan fingerprint density at radius 1 is 1.21 bits per heavy atom. The van der Waals surface area contributed by atoms with E-state index in [0.29, 0.717) is 13.0 Å². The number of carbonyl (C=O) groups is 1. The summed E-state index contributed by atoms with van der Waals surface area (Å²) in [6.45, 7) is 2.16. The van der Waals surface area contributed by atoms with Crippen molar-refractivity contribution in [1.29, 1.82) is 0 Å². The minimum atomic E-state index is -3.19. The molecule has 0 saturated heterocycles. The third-order valence-corrected chi connectivity index (χ3v) is 6.50. The topological polar surface area (TPSA) is 72.5 Å². The molecule has 0 heterocycles. The molecule has 0 spiro atoms. The molecule has 6 heteroatoms. The van der Waals surface area contributed by atoms with Crippen molar-refractivity contribution >= 4 is 15.8 Å². The number of ether oxygens (including phenoxy) is 1. The number of hydrogen-bond donors (Lipinski definition) is 1. The lowest BCUT2D eigenvalue weighted by atomic mass is 9.86. The van der Waals surface area contributed by atoms with E-state index in [4.69, 9.17) is 4.74 Å². The summed E-state index contributed by atoms with van der Waals surface area (Å²) in [5.41, 5.74) is 1.87. The maximum Gasteiger partial charge on any atom is 0.211 e. The van der Waals surface area contributed by atoms with Gasteiger partial charge in [0.2, 0.25) is 10.0 Å². The fourth-order valence-corrected chi connectivity index (χ4v) is 4.54. The maximum absolute atomic E-state index is 11.9. The summed E-state index contributed by atoms with van der Waals surface area (Å²) in [5, 5.41) is 0. The molecule has 0 bridgehead atoms. The molecule has 5 nitrogen and oxygen atoms in total. The van der Waals surface area contributed by atoms with Crippen molar-refractivity contribution in [3.8, 4) is 5.75 Å². The smallest absolute Gasteiger partial charge is 0.211 e. The lowest BCUT2D eigenvalue weighted by molar-refractivity contribution is 0.0994. The first-order valence-corrected chi connectivity index (χ1v) is 10.4. The van der Waals surface area contributed by atoms with Gasteiger partial charge in [0.05, 0.1) is 12.4 Å². The van der Waals surface area contributed by atoms with E-state index in [1.54, 1.807) is 6.92 Å². The van der Waals surface area contributed by atoms with E-state index in [1.165, 1.54) is 0 Å². The Balaban J connectivity index is 1.63. The van der Waals surface area contributed by atoms with Crippen molar-refractivity contribution in [2.24, 2.45) is 5.92 Å². The fraction of sp³-hybridized carbons (Fsp3) is 0.611. The lowest BCUT2D eigenvalue weighted by Gasteiger charge is -2.31. The highest BCUT2D eigenvalue weighted by Gasteiger charge is 2.29. The van der Waals surface area contributed by atoms with Crippen LogP contribution < -0.4 is 9.46 Å². The largest absolute Gasteiger partial charge is 0.493 e. The Bertz CT molecular complexity index is 714. The van der Waals surface area contributed by atoms with E-state index in [0.717, 1.165) is 49.0 Å². The molecular formula is C18H25NO4S. The molecule has 1 aromatic rings. The Kier molecular flexibility index (Phi) is 5.25. The highest BCUT2D eigenvalue weighted by Crippen LogP contribution is 2.29. The Hall–Kier alpha value is -1.40. The molecule has 0 aromatic heterocycles. The van der Waals surface area contributed by atoms with Crippen molar-refractivity contribution in [3.63, 3.8) is 0 Å². The van der Waals surface area contributed by atoms with Crippen LogP contribution >= 0.6 is 0 Å². The van der Waals surface area contributed by atoms with Crippen LogP contribution in [0.1, 0.15) is 54.9 Å². The van der Waals surface area contributed by atoms with E-state index in [1.807, 2.05) is 18.2 Å². The number of benzene rings is 1. The molecule has 0 aliphatic heterocycles. The van der Waals surface area contributed by atoms with Crippen molar-refractivity contribution < 1.29 is 17.9 Å². The Morgan fingerprint density at radius 3 is 2.79 bits per heavy atom. The van der Waals surface area contributed by atoms with Gasteiger partial charge in [0.1, 0.15) is 5.75 Å². The van der Waals surface area contributed by atoms with E-state index in [2.05, 4.69) is 4.72 Å². The highest BCUT2D eigenvalue weighted by molar-refractivity contribution is 7.89. The van der Waals surface area contributed by atoms with Crippen LogP contribution in [0.5, 0.6) is 5.75 Å². The predicted molar refractivity (Wildman–Crippen MR) is 92.9 cm³/mol. The van der Waals surface area contributed by atoms with Gasteiger partial charge in [0.25, 0.3) is 0 Å². The van der Waals surface area contributed by atoms with Gasteiger partial charge in [-0.15, -0.1) is 0 Å². The Labute approximate surface area is 143 Å². The zero-order chi connectivity index (χ0) is 17.2. The summed E-state index contributed by atoms with van der Waals surface area (Å²) >= 11 is 0. The van der Waals surface area contributed by atoms with Crippen LogP contribution in [0.25, 0.3) is 0 Å². The van der Waals surface area contributed by atoms with Gasteiger partial charge in [0, 0.05) is 23.9 Å². The summed E-state index contributed by atoms with van der Waals surface area (Å²) in [5.74, 6) is 1.27. The quantitative estimate of drug-likeness (QED) is 0.855. The molecule has 2 atom stereocenters. The second kappa shape index (κ2) is 7.23. The number of sulfonamides is 1. The second-order valence-electron chi connectivity index (χ2n) is 6.73. The molecule has 0 amide bonds. The summed E-state index contributed by atoms with van der Waals surface area (Å²) in [6.07, 6.45) is 5.37. The SMILES string of the molecule is CCS(=O)(=O)N[C@@H]1CCCC[C@H]1COc1ccc2c(c1)CCC2=O. The van der Waals surface area contributed by atoms with Crippen LogP contribution in [0.4, 0.5) is 0 Å². The molecule has 1 aromatic carbocycles. The summed E-state index contributed by atoms with van der Waals surface area (Å²) in [4.78, 5) is 11.7. The molecule has 132 valence electrons. The fourth-order valence-electron chi connectivity index (χ4n) is 3.60. The van der Waals surface area contributed by atoms with Gasteiger partial charge in [-0.1, -0.05) is 12.8 Å². The number of rotatable bonds is 6. The van der Waals surface area contributed by atoms with E-state index in [-0.39, 0.29) is 23.5 Å². The number of carbonyl (C=O) groups excluding carboxylic acids is 1. The standard InChI is InChI=1S/C18H25NO4S/c1-2-24(21,22)19-17-6-4-3-5-14(17)12-23-15-8-9-16-13(11-15)7-10-18(16)20/h8-9,11,14,17,19H,2-7,10,12H2,1H3/t14-,17+/m0/s1. The van der Waals surface area contributed by atoms with Gasteiger partial charge in [-0.25, -0.2) is 13.1 Å². The van der Waals surface area contributed by atoms with Crippen LogP contribution in [-0.4, -0.2) is 32.6 Å². The number of hydrogen-bond acceptors (Lipinski definition) is 4. The molecule has 1 fully saturated rings. The van der Waals surface area contributed by atoms with Gasteiger partial charge in [-0.2, -0.15) is 0 Å². The zero-order valence-electron chi connectivity index (χ0n) is 14.1. The van der Waals surface area contributed by atoms with Gasteiger partial charge < -0.3 is 4.74 Å². The van der Waals surface area contributed by atoms with Crippen LogP contribution in [0.15, 0.2) is 18.2 Å². The predicted octanol–water partition coefficient (Wildman–Crippen LogP) is 2.69.